The molecule has 0 atom stereocenters. The average Bonchev–Trinajstić information content (AvgIpc) is 2.77. The third-order valence-corrected chi connectivity index (χ3v) is 3.01. The number of aryl methyl sites for hydroxylation is 1. The SMILES string of the molecule is Cc1ccc2oc(C#N)c(-c3ccccc3)c2c1. The van der Waals surface area contributed by atoms with Gasteiger partial charge in [0.05, 0.1) is 0 Å². The van der Waals surface area contributed by atoms with Gasteiger partial charge < -0.3 is 4.42 Å². The normalized spacial score (nSPS) is 10.4. The summed E-state index contributed by atoms with van der Waals surface area (Å²) in [7, 11) is 0. The van der Waals surface area contributed by atoms with Gasteiger partial charge in [0.2, 0.25) is 5.76 Å². The lowest BCUT2D eigenvalue weighted by Crippen LogP contribution is -1.79. The Hall–Kier alpha value is -2.53. The maximum absolute atomic E-state index is 9.21. The summed E-state index contributed by atoms with van der Waals surface area (Å²) in [5.41, 5.74) is 3.82. The highest BCUT2D eigenvalue weighted by Crippen LogP contribution is 2.34. The van der Waals surface area contributed by atoms with Crippen molar-refractivity contribution in [3.8, 4) is 17.2 Å². The van der Waals surface area contributed by atoms with Crippen LogP contribution in [-0.4, -0.2) is 0 Å². The second kappa shape index (κ2) is 4.05. The molecular weight excluding hydrogens is 222 g/mol. The van der Waals surface area contributed by atoms with Crippen LogP contribution < -0.4 is 0 Å². The molecule has 2 heteroatoms. The highest BCUT2D eigenvalue weighted by molar-refractivity contribution is 5.97. The topological polar surface area (TPSA) is 36.9 Å². The van der Waals surface area contributed by atoms with E-state index in [1.807, 2.05) is 49.4 Å². The molecule has 0 aliphatic carbocycles. The molecule has 3 aromatic rings. The zero-order valence-electron chi connectivity index (χ0n) is 9.97. The highest BCUT2D eigenvalue weighted by atomic mass is 16.3. The summed E-state index contributed by atoms with van der Waals surface area (Å²) in [4.78, 5) is 0. The van der Waals surface area contributed by atoms with Crippen LogP contribution in [0.2, 0.25) is 0 Å². The van der Waals surface area contributed by atoms with E-state index in [1.54, 1.807) is 0 Å². The van der Waals surface area contributed by atoms with Crippen LogP contribution in [0.1, 0.15) is 11.3 Å². The minimum absolute atomic E-state index is 0.377. The Morgan fingerprint density at radius 2 is 1.83 bits per heavy atom. The number of benzene rings is 2. The lowest BCUT2D eigenvalue weighted by molar-refractivity contribution is 0.600. The minimum atomic E-state index is 0.377. The fraction of sp³-hybridized carbons (Fsp3) is 0.0625. The van der Waals surface area contributed by atoms with Crippen LogP contribution in [0.15, 0.2) is 52.9 Å². The van der Waals surface area contributed by atoms with Crippen LogP contribution in [0.5, 0.6) is 0 Å². The monoisotopic (exact) mass is 233 g/mol. The van der Waals surface area contributed by atoms with Gasteiger partial charge in [-0.3, -0.25) is 0 Å². The van der Waals surface area contributed by atoms with Gasteiger partial charge in [-0.15, -0.1) is 0 Å². The predicted molar refractivity (Wildman–Crippen MR) is 71.1 cm³/mol. The van der Waals surface area contributed by atoms with Crippen molar-refractivity contribution in [1.82, 2.24) is 0 Å². The Morgan fingerprint density at radius 3 is 2.56 bits per heavy atom. The maximum Gasteiger partial charge on any atom is 0.212 e. The van der Waals surface area contributed by atoms with Crippen molar-refractivity contribution >= 4 is 11.0 Å². The number of nitrogens with zero attached hydrogens (tertiary/aromatic N) is 1. The fourth-order valence-electron chi connectivity index (χ4n) is 2.18. The van der Waals surface area contributed by atoms with Gasteiger partial charge in [-0.25, -0.2) is 0 Å². The van der Waals surface area contributed by atoms with Gasteiger partial charge in [0.15, 0.2) is 0 Å². The van der Waals surface area contributed by atoms with Crippen molar-refractivity contribution in [3.05, 3.63) is 59.9 Å². The highest BCUT2D eigenvalue weighted by Gasteiger charge is 2.15. The first kappa shape index (κ1) is 10.6. The quantitative estimate of drug-likeness (QED) is 0.629. The summed E-state index contributed by atoms with van der Waals surface area (Å²) in [6.07, 6.45) is 0. The molecule has 0 aliphatic rings. The Morgan fingerprint density at radius 1 is 1.06 bits per heavy atom. The summed E-state index contributed by atoms with van der Waals surface area (Å²) in [5, 5.41) is 10.2. The molecule has 86 valence electrons. The molecule has 0 bridgehead atoms. The third-order valence-electron chi connectivity index (χ3n) is 3.01. The molecule has 0 amide bonds. The number of nitriles is 1. The molecule has 0 unspecified atom stereocenters. The van der Waals surface area contributed by atoms with Crippen LogP contribution >= 0.6 is 0 Å². The van der Waals surface area contributed by atoms with Crippen molar-refractivity contribution in [2.45, 2.75) is 6.92 Å². The average molecular weight is 233 g/mol. The zero-order valence-corrected chi connectivity index (χ0v) is 9.97. The number of furan rings is 1. The molecule has 0 saturated carbocycles. The van der Waals surface area contributed by atoms with Gasteiger partial charge in [-0.05, 0) is 24.6 Å². The smallest absolute Gasteiger partial charge is 0.212 e. The van der Waals surface area contributed by atoms with Gasteiger partial charge in [0.1, 0.15) is 11.7 Å². The Bertz CT molecular complexity index is 748. The van der Waals surface area contributed by atoms with Crippen LogP contribution in [-0.2, 0) is 0 Å². The van der Waals surface area contributed by atoms with E-state index >= 15 is 0 Å². The van der Waals surface area contributed by atoms with Gasteiger partial charge in [-0.2, -0.15) is 5.26 Å². The van der Waals surface area contributed by atoms with Crippen molar-refractivity contribution in [2.24, 2.45) is 0 Å². The molecule has 2 aromatic carbocycles. The lowest BCUT2D eigenvalue weighted by atomic mass is 10.0. The Kier molecular flexibility index (Phi) is 2.39. The molecule has 2 nitrogen and oxygen atoms in total. The van der Waals surface area contributed by atoms with Crippen LogP contribution in [0.25, 0.3) is 22.1 Å². The molecule has 3 rings (SSSR count). The maximum atomic E-state index is 9.21. The van der Waals surface area contributed by atoms with Crippen LogP contribution in [0.4, 0.5) is 0 Å². The summed E-state index contributed by atoms with van der Waals surface area (Å²) < 4.78 is 5.60. The fourth-order valence-corrected chi connectivity index (χ4v) is 2.18. The lowest BCUT2D eigenvalue weighted by Gasteiger charge is -1.99. The Labute approximate surface area is 105 Å². The number of hydrogen-bond donors (Lipinski definition) is 0. The summed E-state index contributed by atoms with van der Waals surface area (Å²) in [6.45, 7) is 2.03. The van der Waals surface area contributed by atoms with Crippen molar-refractivity contribution in [1.29, 1.82) is 5.26 Å². The van der Waals surface area contributed by atoms with E-state index in [2.05, 4.69) is 12.1 Å². The molecule has 0 N–H and O–H groups in total. The molecule has 1 aromatic heterocycles. The molecule has 1 heterocycles. The summed E-state index contributed by atoms with van der Waals surface area (Å²) in [5.74, 6) is 0.377. The van der Waals surface area contributed by atoms with E-state index in [4.69, 9.17) is 4.42 Å². The molecular formula is C16H11NO. The summed E-state index contributed by atoms with van der Waals surface area (Å²) in [6, 6.07) is 18.0. The molecule has 0 fully saturated rings. The van der Waals surface area contributed by atoms with Gasteiger partial charge >= 0.3 is 0 Å². The molecule has 0 saturated heterocycles. The van der Waals surface area contributed by atoms with Gasteiger partial charge in [-0.1, -0.05) is 42.0 Å². The first-order valence-electron chi connectivity index (χ1n) is 5.78. The van der Waals surface area contributed by atoms with Gasteiger partial charge in [0.25, 0.3) is 0 Å². The van der Waals surface area contributed by atoms with E-state index in [0.717, 1.165) is 27.7 Å². The summed E-state index contributed by atoms with van der Waals surface area (Å²) >= 11 is 0. The van der Waals surface area contributed by atoms with E-state index < -0.39 is 0 Å². The van der Waals surface area contributed by atoms with Crippen molar-refractivity contribution in [2.75, 3.05) is 0 Å². The molecule has 18 heavy (non-hydrogen) atoms. The number of hydrogen-bond acceptors (Lipinski definition) is 2. The molecule has 0 spiro atoms. The standard InChI is InChI=1S/C16H11NO/c1-11-7-8-14-13(9-11)16(15(10-17)18-14)12-5-3-2-4-6-12/h2-9H,1H3. The van der Waals surface area contributed by atoms with E-state index in [0.29, 0.717) is 5.76 Å². The van der Waals surface area contributed by atoms with Crippen LogP contribution in [0, 0.1) is 18.3 Å². The largest absolute Gasteiger partial charge is 0.445 e. The molecule has 0 radical (unpaired) electrons. The van der Waals surface area contributed by atoms with Crippen molar-refractivity contribution < 1.29 is 4.42 Å². The predicted octanol–water partition coefficient (Wildman–Crippen LogP) is 4.28. The second-order valence-corrected chi connectivity index (χ2v) is 4.28. The van der Waals surface area contributed by atoms with E-state index in [1.165, 1.54) is 0 Å². The molecule has 0 aliphatic heterocycles. The van der Waals surface area contributed by atoms with Crippen molar-refractivity contribution in [3.63, 3.8) is 0 Å². The second-order valence-electron chi connectivity index (χ2n) is 4.28. The minimum Gasteiger partial charge on any atom is -0.445 e. The number of rotatable bonds is 1. The first-order chi connectivity index (χ1) is 8.79. The van der Waals surface area contributed by atoms with E-state index in [-0.39, 0.29) is 0 Å². The van der Waals surface area contributed by atoms with Crippen LogP contribution in [0.3, 0.4) is 0 Å². The number of fused-ring (bicyclic) bond motifs is 1. The zero-order chi connectivity index (χ0) is 12.5. The van der Waals surface area contributed by atoms with E-state index in [9.17, 15) is 5.26 Å². The third kappa shape index (κ3) is 1.57. The Balaban J connectivity index is 2.40. The van der Waals surface area contributed by atoms with Gasteiger partial charge in [0, 0.05) is 10.9 Å². The first-order valence-corrected chi connectivity index (χ1v) is 5.78.